The number of hydrogen-bond acceptors (Lipinski definition) is 6. The summed E-state index contributed by atoms with van der Waals surface area (Å²) in [6.07, 6.45) is 0. The van der Waals surface area contributed by atoms with Gasteiger partial charge in [0.1, 0.15) is 5.82 Å². The number of aromatic nitrogens is 3. The van der Waals surface area contributed by atoms with E-state index in [9.17, 15) is 0 Å². The zero-order valence-electron chi connectivity index (χ0n) is 14.3. The number of imidazole rings is 1. The number of nitrogens with two attached hydrogens (primary N) is 1. The number of aromatic amines is 1. The van der Waals surface area contributed by atoms with Gasteiger partial charge in [0.25, 0.3) is 0 Å². The van der Waals surface area contributed by atoms with Crippen LogP contribution in [0, 0.1) is 6.92 Å². The lowest BCUT2D eigenvalue weighted by molar-refractivity contribution is 0.954. The largest absolute Gasteiger partial charge is 0.382 e. The van der Waals surface area contributed by atoms with Gasteiger partial charge < -0.3 is 5.73 Å². The zero-order valence-corrected chi connectivity index (χ0v) is 15.1. The average molecular weight is 379 g/mol. The van der Waals surface area contributed by atoms with Gasteiger partial charge in [-0.15, -0.1) is 15.3 Å². The molecule has 4 rings (SSSR count). The zero-order chi connectivity index (χ0) is 18.8. The SMILES string of the molecule is Cc1nc2c(N=Nc3ccc(Cl)cc3)c(N)[nH]n2c1N=Nc1ccccc1. The van der Waals surface area contributed by atoms with E-state index in [1.165, 1.54) is 0 Å². The van der Waals surface area contributed by atoms with Crippen molar-refractivity contribution in [3.63, 3.8) is 0 Å². The molecule has 3 N–H and O–H groups in total. The van der Waals surface area contributed by atoms with Gasteiger partial charge in [0.05, 0.1) is 17.1 Å². The quantitative estimate of drug-likeness (QED) is 0.422. The second-order valence-corrected chi connectivity index (χ2v) is 6.20. The van der Waals surface area contributed by atoms with Gasteiger partial charge in [0, 0.05) is 5.02 Å². The summed E-state index contributed by atoms with van der Waals surface area (Å²) in [5, 5.41) is 20.6. The molecule has 27 heavy (non-hydrogen) atoms. The number of aryl methyl sites for hydroxylation is 1. The first kappa shape index (κ1) is 16.9. The van der Waals surface area contributed by atoms with Crippen molar-refractivity contribution in [2.45, 2.75) is 6.92 Å². The van der Waals surface area contributed by atoms with Crippen LogP contribution >= 0.6 is 11.6 Å². The summed E-state index contributed by atoms with van der Waals surface area (Å²) in [6.45, 7) is 1.84. The number of hydrogen-bond donors (Lipinski definition) is 2. The molecule has 0 aliphatic heterocycles. The first-order chi connectivity index (χ1) is 13.1. The maximum atomic E-state index is 6.05. The lowest BCUT2D eigenvalue weighted by Crippen LogP contribution is -1.88. The third kappa shape index (κ3) is 3.42. The highest BCUT2D eigenvalue weighted by atomic mass is 35.5. The molecule has 0 amide bonds. The number of rotatable bonds is 4. The van der Waals surface area contributed by atoms with E-state index in [0.29, 0.717) is 39.4 Å². The Morgan fingerprint density at radius 3 is 2.33 bits per heavy atom. The molecule has 0 saturated carbocycles. The Kier molecular flexibility index (Phi) is 4.39. The number of nitrogens with one attached hydrogen (secondary N) is 1. The summed E-state index contributed by atoms with van der Waals surface area (Å²) in [5.41, 5.74) is 9.12. The van der Waals surface area contributed by atoms with Crippen LogP contribution in [0.4, 0.5) is 28.7 Å². The molecule has 0 aliphatic carbocycles. The van der Waals surface area contributed by atoms with E-state index in [0.717, 1.165) is 5.69 Å². The van der Waals surface area contributed by atoms with Gasteiger partial charge in [-0.05, 0) is 43.3 Å². The van der Waals surface area contributed by atoms with Gasteiger partial charge >= 0.3 is 0 Å². The van der Waals surface area contributed by atoms with E-state index >= 15 is 0 Å². The number of benzene rings is 2. The first-order valence-electron chi connectivity index (χ1n) is 8.12. The third-order valence-corrected chi connectivity index (χ3v) is 4.08. The van der Waals surface area contributed by atoms with Gasteiger partial charge in [-0.2, -0.15) is 5.11 Å². The van der Waals surface area contributed by atoms with E-state index in [-0.39, 0.29) is 0 Å². The minimum atomic E-state index is 0.339. The predicted octanol–water partition coefficient (Wildman–Crippen LogP) is 6.04. The molecule has 0 atom stereocenters. The Hall–Kier alpha value is -3.52. The second-order valence-electron chi connectivity index (χ2n) is 5.77. The fourth-order valence-electron chi connectivity index (χ4n) is 2.51. The van der Waals surface area contributed by atoms with Gasteiger partial charge in [-0.3, -0.25) is 5.10 Å². The van der Waals surface area contributed by atoms with E-state index < -0.39 is 0 Å². The van der Waals surface area contributed by atoms with Crippen LogP contribution < -0.4 is 5.73 Å². The highest BCUT2D eigenvalue weighted by molar-refractivity contribution is 6.30. The minimum absolute atomic E-state index is 0.339. The first-order valence-corrected chi connectivity index (χ1v) is 8.50. The van der Waals surface area contributed by atoms with Crippen LogP contribution in [0.5, 0.6) is 0 Å². The van der Waals surface area contributed by atoms with Crippen molar-refractivity contribution >= 4 is 45.9 Å². The number of anilines is 1. The van der Waals surface area contributed by atoms with Crippen LogP contribution in [-0.2, 0) is 0 Å². The molecule has 2 aromatic heterocycles. The van der Waals surface area contributed by atoms with Gasteiger partial charge in [-0.1, -0.05) is 29.8 Å². The molecule has 0 saturated heterocycles. The minimum Gasteiger partial charge on any atom is -0.382 e. The van der Waals surface area contributed by atoms with Gasteiger partial charge in [0.2, 0.25) is 0 Å². The van der Waals surface area contributed by atoms with Crippen LogP contribution in [0.1, 0.15) is 5.69 Å². The lowest BCUT2D eigenvalue weighted by atomic mass is 10.3. The smallest absolute Gasteiger partial charge is 0.197 e. The van der Waals surface area contributed by atoms with E-state index in [2.05, 4.69) is 30.5 Å². The summed E-state index contributed by atoms with van der Waals surface area (Å²) < 4.78 is 1.65. The summed E-state index contributed by atoms with van der Waals surface area (Å²) in [5.74, 6) is 0.889. The Morgan fingerprint density at radius 1 is 0.926 bits per heavy atom. The van der Waals surface area contributed by atoms with E-state index in [1.807, 2.05) is 37.3 Å². The standard InChI is InChI=1S/C18H15ClN8/c1-11-17(25-23-13-5-3-2-4-6-13)27-18(21-11)15(16(20)26-27)24-22-14-9-7-12(19)8-10-14/h2-10,26H,20H2,1H3. The maximum Gasteiger partial charge on any atom is 0.197 e. The molecule has 0 unspecified atom stereocenters. The Balaban J connectivity index is 1.70. The Bertz CT molecular complexity index is 1140. The molecule has 9 heteroatoms. The van der Waals surface area contributed by atoms with E-state index in [4.69, 9.17) is 17.3 Å². The molecule has 2 aromatic carbocycles. The molecular weight excluding hydrogens is 364 g/mol. The molecule has 8 nitrogen and oxygen atoms in total. The second kappa shape index (κ2) is 7.00. The van der Waals surface area contributed by atoms with Crippen molar-refractivity contribution in [2.24, 2.45) is 20.5 Å². The van der Waals surface area contributed by atoms with Crippen molar-refractivity contribution in [1.29, 1.82) is 0 Å². The topological polar surface area (TPSA) is 109 Å². The molecule has 4 aromatic rings. The van der Waals surface area contributed by atoms with Crippen molar-refractivity contribution in [3.8, 4) is 0 Å². The van der Waals surface area contributed by atoms with Crippen LogP contribution in [-0.4, -0.2) is 14.6 Å². The number of fused-ring (bicyclic) bond motifs is 1. The lowest BCUT2D eigenvalue weighted by Gasteiger charge is -1.93. The Labute approximate surface area is 159 Å². The van der Waals surface area contributed by atoms with Crippen molar-refractivity contribution < 1.29 is 0 Å². The predicted molar refractivity (Wildman–Crippen MR) is 105 cm³/mol. The van der Waals surface area contributed by atoms with Crippen LogP contribution in [0.2, 0.25) is 5.02 Å². The number of nitrogens with zero attached hydrogens (tertiary/aromatic N) is 6. The van der Waals surface area contributed by atoms with Crippen LogP contribution in [0.3, 0.4) is 0 Å². The highest BCUT2D eigenvalue weighted by Gasteiger charge is 2.17. The average Bonchev–Trinajstić information content (AvgIpc) is 3.14. The molecule has 0 fully saturated rings. The molecule has 134 valence electrons. The van der Waals surface area contributed by atoms with Crippen molar-refractivity contribution in [1.82, 2.24) is 14.6 Å². The molecule has 0 radical (unpaired) electrons. The molecule has 0 bridgehead atoms. The van der Waals surface area contributed by atoms with Crippen LogP contribution in [0.15, 0.2) is 75.1 Å². The van der Waals surface area contributed by atoms with Crippen molar-refractivity contribution in [2.75, 3.05) is 5.73 Å². The van der Waals surface area contributed by atoms with Gasteiger partial charge in [-0.25, -0.2) is 9.50 Å². The summed E-state index contributed by atoms with van der Waals surface area (Å²) in [4.78, 5) is 4.50. The fourth-order valence-corrected chi connectivity index (χ4v) is 2.64. The summed E-state index contributed by atoms with van der Waals surface area (Å²) in [7, 11) is 0. The monoisotopic (exact) mass is 378 g/mol. The van der Waals surface area contributed by atoms with Crippen molar-refractivity contribution in [3.05, 3.63) is 65.3 Å². The van der Waals surface area contributed by atoms with Gasteiger partial charge in [0.15, 0.2) is 17.2 Å². The normalized spacial score (nSPS) is 11.9. The molecular formula is C18H15ClN8. The number of H-pyrrole nitrogens is 1. The number of nitrogen functional groups attached to an aromatic ring is 1. The molecule has 2 heterocycles. The highest BCUT2D eigenvalue weighted by Crippen LogP contribution is 2.33. The maximum absolute atomic E-state index is 6.05. The summed E-state index contributed by atoms with van der Waals surface area (Å²) >= 11 is 5.88. The van der Waals surface area contributed by atoms with E-state index in [1.54, 1.807) is 28.8 Å². The number of halogens is 1. The summed E-state index contributed by atoms with van der Waals surface area (Å²) in [6, 6.07) is 16.5. The Morgan fingerprint density at radius 2 is 1.59 bits per heavy atom. The number of azo groups is 2. The van der Waals surface area contributed by atoms with Crippen LogP contribution in [0.25, 0.3) is 5.65 Å². The molecule has 0 spiro atoms. The molecule has 0 aliphatic rings. The third-order valence-electron chi connectivity index (χ3n) is 3.83. The fraction of sp³-hybridized carbons (Fsp3) is 0.0556.